The Kier molecular flexibility index (Phi) is 12.1. The highest BCUT2D eigenvalue weighted by Crippen LogP contribution is 2.33. The predicted octanol–water partition coefficient (Wildman–Crippen LogP) is 5.83. The van der Waals surface area contributed by atoms with Crippen LogP contribution in [0.15, 0.2) is 36.4 Å². The van der Waals surface area contributed by atoms with Gasteiger partial charge in [-0.05, 0) is 101 Å². The summed E-state index contributed by atoms with van der Waals surface area (Å²) >= 11 is 0. The van der Waals surface area contributed by atoms with Crippen molar-refractivity contribution >= 4 is 11.9 Å². The van der Waals surface area contributed by atoms with E-state index in [0.29, 0.717) is 11.5 Å². The zero-order valence-electron chi connectivity index (χ0n) is 25.9. The maximum atomic E-state index is 12.6. The van der Waals surface area contributed by atoms with Gasteiger partial charge in [0.25, 0.3) is 0 Å². The number of esters is 2. The van der Waals surface area contributed by atoms with E-state index in [4.69, 9.17) is 18.9 Å². The Morgan fingerprint density at radius 3 is 1.40 bits per heavy atom. The van der Waals surface area contributed by atoms with E-state index in [9.17, 15) is 9.59 Å². The van der Waals surface area contributed by atoms with Gasteiger partial charge in [0, 0.05) is 25.2 Å². The first-order chi connectivity index (χ1) is 20.4. The monoisotopic (exact) mass is 580 g/mol. The van der Waals surface area contributed by atoms with Gasteiger partial charge >= 0.3 is 11.9 Å². The molecule has 230 valence electrons. The molecule has 2 aromatic carbocycles. The van der Waals surface area contributed by atoms with E-state index in [1.54, 1.807) is 24.3 Å². The number of aryl methyl sites for hydroxylation is 2. The molecule has 2 aliphatic rings. The quantitative estimate of drug-likeness (QED) is 0.157. The van der Waals surface area contributed by atoms with Gasteiger partial charge in [0.05, 0.1) is 0 Å². The number of carbonyl (C=O) groups is 2. The molecule has 2 atom stereocenters. The van der Waals surface area contributed by atoms with Crippen LogP contribution in [-0.4, -0.2) is 73.2 Å². The minimum Gasteiger partial charge on any atom is -0.489 e. The average Bonchev–Trinajstić information content (AvgIpc) is 2.97. The van der Waals surface area contributed by atoms with Crippen LogP contribution in [0.25, 0.3) is 0 Å². The molecule has 2 aromatic rings. The molecule has 2 aliphatic heterocycles. The van der Waals surface area contributed by atoms with Gasteiger partial charge in [-0.2, -0.15) is 0 Å². The van der Waals surface area contributed by atoms with Crippen LogP contribution in [0.3, 0.4) is 0 Å². The molecule has 0 aromatic heterocycles. The maximum Gasteiger partial charge on any atom is 0.423 e. The minimum atomic E-state index is -1.08. The predicted molar refractivity (Wildman–Crippen MR) is 164 cm³/mol. The van der Waals surface area contributed by atoms with Gasteiger partial charge in [-0.25, -0.2) is 9.59 Å². The molecule has 0 aliphatic carbocycles. The van der Waals surface area contributed by atoms with E-state index in [1.165, 1.54) is 0 Å². The third-order valence-corrected chi connectivity index (χ3v) is 7.81. The second kappa shape index (κ2) is 15.9. The van der Waals surface area contributed by atoms with Crippen molar-refractivity contribution in [3.63, 3.8) is 0 Å². The molecular weight excluding hydrogens is 532 g/mol. The molecule has 0 spiro atoms. The molecule has 2 heterocycles. The van der Waals surface area contributed by atoms with Gasteiger partial charge in [-0.1, -0.05) is 39.8 Å². The highest BCUT2D eigenvalue weighted by Gasteiger charge is 2.26. The van der Waals surface area contributed by atoms with E-state index in [1.807, 2.05) is 12.1 Å². The third-order valence-electron chi connectivity index (χ3n) is 7.81. The van der Waals surface area contributed by atoms with Crippen LogP contribution >= 0.6 is 0 Å². The van der Waals surface area contributed by atoms with Crippen molar-refractivity contribution in [1.82, 2.24) is 9.80 Å². The zero-order chi connectivity index (χ0) is 29.9. The lowest BCUT2D eigenvalue weighted by Crippen LogP contribution is -2.38. The average molecular weight is 581 g/mol. The highest BCUT2D eigenvalue weighted by atomic mass is 16.6. The summed E-state index contributed by atoms with van der Waals surface area (Å²) in [4.78, 5) is 30.2. The lowest BCUT2D eigenvalue weighted by atomic mass is 10.0. The largest absolute Gasteiger partial charge is 0.489 e. The Balaban J connectivity index is 1.32. The van der Waals surface area contributed by atoms with Crippen LogP contribution in [0, 0.1) is 0 Å². The van der Waals surface area contributed by atoms with Crippen LogP contribution in [-0.2, 0) is 22.4 Å². The second-order valence-corrected chi connectivity index (χ2v) is 11.5. The molecule has 0 N–H and O–H groups in total. The van der Waals surface area contributed by atoms with E-state index in [0.717, 1.165) is 102 Å². The van der Waals surface area contributed by atoms with Gasteiger partial charge in [0.1, 0.15) is 35.2 Å². The first-order valence-corrected chi connectivity index (χ1v) is 15.9. The summed E-state index contributed by atoms with van der Waals surface area (Å²) in [6.45, 7) is 14.7. The number of hydrogen-bond donors (Lipinski definition) is 0. The Morgan fingerprint density at radius 1 is 0.667 bits per heavy atom. The number of fused-ring (bicyclic) bond motifs is 2. The number of hydrogen-bond acceptors (Lipinski definition) is 8. The van der Waals surface area contributed by atoms with Crippen molar-refractivity contribution < 1.29 is 28.5 Å². The van der Waals surface area contributed by atoms with Crippen molar-refractivity contribution in [2.24, 2.45) is 0 Å². The van der Waals surface area contributed by atoms with Crippen LogP contribution in [0.4, 0.5) is 0 Å². The third kappa shape index (κ3) is 8.95. The number of benzene rings is 2. The fraction of sp³-hybridized carbons (Fsp3) is 0.588. The smallest absolute Gasteiger partial charge is 0.423 e. The minimum absolute atomic E-state index is 0.0821. The first kappa shape index (κ1) is 31.8. The molecule has 8 heteroatoms. The topological polar surface area (TPSA) is 77.5 Å². The SMILES string of the molecule is CCCN(CCC)CC1CCc2ccc(OC(=O)C(=O)Oc3ccc4c(c3)OC(CN(CCC)CCC)CC4)cc2O1. The standard InChI is InChI=1S/C34H48N2O6/c1-5-17-35(18-6-2)23-29-15-11-25-9-13-27(21-31(25)39-29)41-33(37)34(38)42-28-14-10-26-12-16-30(40-32(26)22-28)24-36(19-7-3)20-8-4/h9-10,13-14,21-22,29-30H,5-8,11-12,15-20,23-24H2,1-4H3. The Bertz CT molecular complexity index is 1080. The fourth-order valence-corrected chi connectivity index (χ4v) is 5.92. The van der Waals surface area contributed by atoms with E-state index < -0.39 is 11.9 Å². The summed E-state index contributed by atoms with van der Waals surface area (Å²) in [6.07, 6.45) is 8.29. The Morgan fingerprint density at radius 2 is 1.05 bits per heavy atom. The second-order valence-electron chi connectivity index (χ2n) is 11.5. The molecule has 4 rings (SSSR count). The van der Waals surface area contributed by atoms with Gasteiger partial charge < -0.3 is 18.9 Å². The van der Waals surface area contributed by atoms with Crippen molar-refractivity contribution in [2.45, 2.75) is 91.3 Å². The summed E-state index contributed by atoms with van der Waals surface area (Å²) in [5.74, 6) is -0.228. The molecular formula is C34H48N2O6. The van der Waals surface area contributed by atoms with E-state index in [2.05, 4.69) is 37.5 Å². The van der Waals surface area contributed by atoms with E-state index in [-0.39, 0.29) is 23.7 Å². The molecule has 8 nitrogen and oxygen atoms in total. The van der Waals surface area contributed by atoms with Crippen molar-refractivity contribution in [1.29, 1.82) is 0 Å². The normalized spacial score (nSPS) is 17.7. The number of ether oxygens (including phenoxy) is 4. The number of nitrogens with zero attached hydrogens (tertiary/aromatic N) is 2. The molecule has 0 radical (unpaired) electrons. The molecule has 0 fully saturated rings. The number of carbonyl (C=O) groups excluding carboxylic acids is 2. The molecule has 0 bridgehead atoms. The summed E-state index contributed by atoms with van der Waals surface area (Å²) in [5, 5.41) is 0. The van der Waals surface area contributed by atoms with Gasteiger partial charge in [-0.15, -0.1) is 0 Å². The van der Waals surface area contributed by atoms with Crippen molar-refractivity contribution in [3.8, 4) is 23.0 Å². The summed E-state index contributed by atoms with van der Waals surface area (Å²) in [7, 11) is 0. The van der Waals surface area contributed by atoms with E-state index >= 15 is 0 Å². The van der Waals surface area contributed by atoms with Crippen LogP contribution in [0.1, 0.15) is 77.3 Å². The van der Waals surface area contributed by atoms with Gasteiger partial charge in [-0.3, -0.25) is 9.80 Å². The maximum absolute atomic E-state index is 12.6. The first-order valence-electron chi connectivity index (χ1n) is 15.9. The summed E-state index contributed by atoms with van der Waals surface area (Å²) < 4.78 is 23.3. The molecule has 42 heavy (non-hydrogen) atoms. The lowest BCUT2D eigenvalue weighted by Gasteiger charge is -2.31. The lowest BCUT2D eigenvalue weighted by molar-refractivity contribution is -0.156. The molecule has 0 amide bonds. The van der Waals surface area contributed by atoms with Crippen LogP contribution in [0.5, 0.6) is 23.0 Å². The van der Waals surface area contributed by atoms with Crippen molar-refractivity contribution in [3.05, 3.63) is 47.5 Å². The molecule has 0 saturated carbocycles. The van der Waals surface area contributed by atoms with Gasteiger partial charge in [0.2, 0.25) is 0 Å². The molecule has 0 saturated heterocycles. The van der Waals surface area contributed by atoms with Gasteiger partial charge in [0.15, 0.2) is 0 Å². The Hall–Kier alpha value is -3.10. The highest BCUT2D eigenvalue weighted by molar-refractivity contribution is 6.31. The fourth-order valence-electron chi connectivity index (χ4n) is 5.92. The Labute approximate surface area is 251 Å². The summed E-state index contributed by atoms with van der Waals surface area (Å²) in [6, 6.07) is 10.6. The van der Waals surface area contributed by atoms with Crippen LogP contribution < -0.4 is 18.9 Å². The number of rotatable bonds is 14. The van der Waals surface area contributed by atoms with Crippen molar-refractivity contribution in [2.75, 3.05) is 39.3 Å². The molecule has 2 unspecified atom stereocenters. The summed E-state index contributed by atoms with van der Waals surface area (Å²) in [5.41, 5.74) is 2.15. The van der Waals surface area contributed by atoms with Crippen LogP contribution in [0.2, 0.25) is 0 Å². The zero-order valence-corrected chi connectivity index (χ0v) is 25.9.